The molecule has 120 valence electrons. The van der Waals surface area contributed by atoms with Crippen LogP contribution in [0.4, 0.5) is 0 Å². The first-order valence-electron chi connectivity index (χ1n) is 7.76. The zero-order valence-electron chi connectivity index (χ0n) is 13.6. The summed E-state index contributed by atoms with van der Waals surface area (Å²) in [6.45, 7) is 9.76. The summed E-state index contributed by atoms with van der Waals surface area (Å²) in [5.74, 6) is 0. The maximum atomic E-state index is 5.71. The van der Waals surface area contributed by atoms with Crippen molar-refractivity contribution in [3.8, 4) is 0 Å². The largest absolute Gasteiger partial charge is 0.383 e. The Balaban J connectivity index is 2.25. The van der Waals surface area contributed by atoms with E-state index in [0.717, 1.165) is 39.5 Å². The molecule has 1 heterocycles. The molecule has 0 amide bonds. The second-order valence-electron chi connectivity index (χ2n) is 5.63. The molecule has 0 bridgehead atoms. The molecule has 5 nitrogen and oxygen atoms in total. The highest BCUT2D eigenvalue weighted by Gasteiger charge is 2.22. The van der Waals surface area contributed by atoms with Crippen molar-refractivity contribution >= 4 is 0 Å². The number of ether oxygens (including phenoxy) is 3. The number of rotatable bonds is 11. The molecule has 1 saturated heterocycles. The van der Waals surface area contributed by atoms with Gasteiger partial charge in [0.05, 0.1) is 19.3 Å². The number of methoxy groups -OCH3 is 2. The molecule has 20 heavy (non-hydrogen) atoms. The summed E-state index contributed by atoms with van der Waals surface area (Å²) in [7, 11) is 3.50. The molecule has 3 atom stereocenters. The van der Waals surface area contributed by atoms with Crippen LogP contribution in [0.1, 0.15) is 26.7 Å². The maximum Gasteiger partial charge on any atom is 0.0726 e. The Labute approximate surface area is 123 Å². The minimum atomic E-state index is 0.388. The molecular weight excluding hydrogens is 256 g/mol. The zero-order chi connectivity index (χ0) is 14.8. The predicted octanol–water partition coefficient (Wildman–Crippen LogP) is 1.13. The number of nitrogens with one attached hydrogen (secondary N) is 1. The Kier molecular flexibility index (Phi) is 9.39. The van der Waals surface area contributed by atoms with Crippen molar-refractivity contribution < 1.29 is 14.2 Å². The summed E-state index contributed by atoms with van der Waals surface area (Å²) < 4.78 is 16.1. The van der Waals surface area contributed by atoms with Gasteiger partial charge in [0.15, 0.2) is 0 Å². The zero-order valence-corrected chi connectivity index (χ0v) is 13.6. The van der Waals surface area contributed by atoms with Crippen molar-refractivity contribution in [2.75, 3.05) is 53.7 Å². The summed E-state index contributed by atoms with van der Waals surface area (Å²) in [4.78, 5) is 2.40. The van der Waals surface area contributed by atoms with Gasteiger partial charge in [-0.2, -0.15) is 0 Å². The lowest BCUT2D eigenvalue weighted by Gasteiger charge is -2.29. The number of nitrogens with zero attached hydrogens (tertiary/aromatic N) is 1. The minimum absolute atomic E-state index is 0.388. The molecule has 0 spiro atoms. The van der Waals surface area contributed by atoms with Crippen LogP contribution >= 0.6 is 0 Å². The van der Waals surface area contributed by atoms with Gasteiger partial charge in [0, 0.05) is 52.5 Å². The van der Waals surface area contributed by atoms with Crippen molar-refractivity contribution in [3.05, 3.63) is 0 Å². The summed E-state index contributed by atoms with van der Waals surface area (Å²) in [5, 5.41) is 3.58. The van der Waals surface area contributed by atoms with Crippen LogP contribution < -0.4 is 5.32 Å². The predicted molar refractivity (Wildman–Crippen MR) is 81.2 cm³/mol. The van der Waals surface area contributed by atoms with Gasteiger partial charge in [0.25, 0.3) is 0 Å². The third kappa shape index (κ3) is 6.50. The van der Waals surface area contributed by atoms with Gasteiger partial charge in [-0.3, -0.25) is 4.90 Å². The van der Waals surface area contributed by atoms with Gasteiger partial charge in [-0.05, 0) is 26.7 Å². The van der Waals surface area contributed by atoms with Crippen LogP contribution in [-0.4, -0.2) is 76.8 Å². The number of hydrogen-bond donors (Lipinski definition) is 1. The molecule has 1 fully saturated rings. The molecule has 0 saturated carbocycles. The summed E-state index contributed by atoms with van der Waals surface area (Å²) in [6, 6.07) is 0.842. The fraction of sp³-hybridized carbons (Fsp3) is 1.00. The molecule has 0 aromatic heterocycles. The first-order chi connectivity index (χ1) is 9.69. The van der Waals surface area contributed by atoms with Gasteiger partial charge in [-0.15, -0.1) is 0 Å². The molecule has 1 aliphatic rings. The lowest BCUT2D eigenvalue weighted by atomic mass is 10.1. The van der Waals surface area contributed by atoms with E-state index in [0.29, 0.717) is 18.2 Å². The van der Waals surface area contributed by atoms with Gasteiger partial charge in [-0.25, -0.2) is 0 Å². The van der Waals surface area contributed by atoms with Crippen molar-refractivity contribution in [2.24, 2.45) is 0 Å². The molecule has 3 unspecified atom stereocenters. The molecule has 0 aromatic rings. The second-order valence-corrected chi connectivity index (χ2v) is 5.63. The highest BCUT2D eigenvalue weighted by molar-refractivity contribution is 4.77. The van der Waals surface area contributed by atoms with Gasteiger partial charge in [0.1, 0.15) is 0 Å². The fourth-order valence-electron chi connectivity index (χ4n) is 2.67. The molecule has 0 aliphatic carbocycles. The molecular formula is C15H32N2O3. The third-order valence-corrected chi connectivity index (χ3v) is 4.00. The van der Waals surface area contributed by atoms with Crippen LogP contribution in [0.25, 0.3) is 0 Å². The van der Waals surface area contributed by atoms with Crippen LogP contribution in [0.2, 0.25) is 0 Å². The Hall–Kier alpha value is -0.200. The molecule has 0 radical (unpaired) electrons. The number of hydrogen-bond acceptors (Lipinski definition) is 5. The van der Waals surface area contributed by atoms with Crippen LogP contribution in [0.5, 0.6) is 0 Å². The van der Waals surface area contributed by atoms with Gasteiger partial charge in [0.2, 0.25) is 0 Å². The maximum absolute atomic E-state index is 5.71. The summed E-state index contributed by atoms with van der Waals surface area (Å²) >= 11 is 0. The van der Waals surface area contributed by atoms with E-state index in [1.165, 1.54) is 12.8 Å². The second kappa shape index (κ2) is 10.5. The molecule has 1 aliphatic heterocycles. The lowest BCUT2D eigenvalue weighted by molar-refractivity contribution is 0.0674. The Morgan fingerprint density at radius 3 is 2.65 bits per heavy atom. The van der Waals surface area contributed by atoms with Crippen molar-refractivity contribution in [2.45, 2.75) is 44.9 Å². The fourth-order valence-corrected chi connectivity index (χ4v) is 2.67. The van der Waals surface area contributed by atoms with Crippen LogP contribution in [0.15, 0.2) is 0 Å². The molecule has 1 rings (SSSR count). The smallest absolute Gasteiger partial charge is 0.0726 e. The van der Waals surface area contributed by atoms with Crippen LogP contribution in [0, 0.1) is 0 Å². The van der Waals surface area contributed by atoms with Crippen molar-refractivity contribution in [1.82, 2.24) is 10.2 Å². The normalized spacial score (nSPS) is 22.4. The monoisotopic (exact) mass is 288 g/mol. The molecule has 1 N–H and O–H groups in total. The molecule has 5 heteroatoms. The van der Waals surface area contributed by atoms with Crippen LogP contribution in [-0.2, 0) is 14.2 Å². The van der Waals surface area contributed by atoms with Crippen molar-refractivity contribution in [1.29, 1.82) is 0 Å². The van der Waals surface area contributed by atoms with Gasteiger partial charge >= 0.3 is 0 Å². The topological polar surface area (TPSA) is 43.0 Å². The Morgan fingerprint density at radius 2 is 2.05 bits per heavy atom. The standard InChI is InChI=1S/C15H32N2O3/c1-13(12-19-4)17(9-11-18-3)8-7-16-14(2)15-6-5-10-20-15/h13-16H,5-12H2,1-4H3. The third-order valence-electron chi connectivity index (χ3n) is 4.00. The van der Waals surface area contributed by atoms with E-state index in [1.807, 2.05) is 0 Å². The highest BCUT2D eigenvalue weighted by Crippen LogP contribution is 2.15. The first kappa shape index (κ1) is 17.9. The van der Waals surface area contributed by atoms with E-state index in [-0.39, 0.29) is 0 Å². The average molecular weight is 288 g/mol. The van der Waals surface area contributed by atoms with E-state index in [9.17, 15) is 0 Å². The van der Waals surface area contributed by atoms with E-state index in [2.05, 4.69) is 24.1 Å². The van der Waals surface area contributed by atoms with E-state index in [1.54, 1.807) is 14.2 Å². The van der Waals surface area contributed by atoms with Gasteiger partial charge in [-0.1, -0.05) is 0 Å². The van der Waals surface area contributed by atoms with Crippen LogP contribution in [0.3, 0.4) is 0 Å². The molecule has 0 aromatic carbocycles. The quantitative estimate of drug-likeness (QED) is 0.617. The minimum Gasteiger partial charge on any atom is -0.383 e. The summed E-state index contributed by atoms with van der Waals surface area (Å²) in [6.07, 6.45) is 2.77. The Morgan fingerprint density at radius 1 is 1.25 bits per heavy atom. The highest BCUT2D eigenvalue weighted by atomic mass is 16.5. The Bertz CT molecular complexity index is 235. The summed E-state index contributed by atoms with van der Waals surface area (Å²) in [5.41, 5.74) is 0. The lowest BCUT2D eigenvalue weighted by Crippen LogP contribution is -2.45. The van der Waals surface area contributed by atoms with E-state index >= 15 is 0 Å². The van der Waals surface area contributed by atoms with Crippen molar-refractivity contribution in [3.63, 3.8) is 0 Å². The first-order valence-corrected chi connectivity index (χ1v) is 7.76. The van der Waals surface area contributed by atoms with E-state index in [4.69, 9.17) is 14.2 Å². The SMILES string of the molecule is COCCN(CCNC(C)C1CCCO1)C(C)COC. The van der Waals surface area contributed by atoms with E-state index < -0.39 is 0 Å². The average Bonchev–Trinajstić information content (AvgIpc) is 2.96. The van der Waals surface area contributed by atoms with Gasteiger partial charge < -0.3 is 19.5 Å².